The molecule has 5 nitrogen and oxygen atoms in total. The number of carbonyl (C=O) groups is 2. The van der Waals surface area contributed by atoms with Crippen LogP contribution in [-0.4, -0.2) is 29.4 Å². The zero-order valence-electron chi connectivity index (χ0n) is 24.8. The van der Waals surface area contributed by atoms with Crippen molar-refractivity contribution in [2.45, 2.75) is 106 Å². The van der Waals surface area contributed by atoms with Gasteiger partial charge in [0.15, 0.2) is 5.78 Å². The van der Waals surface area contributed by atoms with Crippen LogP contribution in [0.5, 0.6) is 0 Å². The van der Waals surface area contributed by atoms with Crippen LogP contribution in [0.1, 0.15) is 100 Å². The number of nitriles is 1. The molecule has 0 saturated heterocycles. The number of fused-ring (bicyclic) bond motifs is 7. The molecule has 5 heteroatoms. The van der Waals surface area contributed by atoms with Crippen LogP contribution in [0.4, 0.5) is 0 Å². The molecular weight excluding hydrogens is 472 g/mol. The SMILES string of the molecule is CCNC(=O)C12CCC(C)(C)CC1C1C(O)C=C3C4(C)C=C(C#N)C(=O)C(C)(C)C4CCC3(C)C1(C)CC2. The van der Waals surface area contributed by atoms with Gasteiger partial charge in [-0.3, -0.25) is 9.59 Å². The number of nitrogens with zero attached hydrogens (tertiary/aromatic N) is 1. The van der Waals surface area contributed by atoms with Crippen LogP contribution < -0.4 is 5.32 Å². The number of rotatable bonds is 2. The normalized spacial score (nSPS) is 46.7. The van der Waals surface area contributed by atoms with Crippen molar-refractivity contribution in [3.05, 3.63) is 23.3 Å². The van der Waals surface area contributed by atoms with Crippen molar-refractivity contribution in [1.82, 2.24) is 5.32 Å². The molecule has 0 aliphatic heterocycles. The van der Waals surface area contributed by atoms with Crippen molar-refractivity contribution in [2.24, 2.45) is 50.2 Å². The Labute approximate surface area is 229 Å². The number of ketones is 1. The van der Waals surface area contributed by atoms with Gasteiger partial charge < -0.3 is 10.4 Å². The summed E-state index contributed by atoms with van der Waals surface area (Å²) in [4.78, 5) is 27.0. The van der Waals surface area contributed by atoms with E-state index in [0.717, 1.165) is 44.9 Å². The van der Waals surface area contributed by atoms with E-state index in [9.17, 15) is 20.0 Å². The number of aliphatic hydroxyl groups excluding tert-OH is 1. The highest BCUT2D eigenvalue weighted by Crippen LogP contribution is 2.75. The Hall–Kier alpha value is -1.93. The Kier molecular flexibility index (Phi) is 6.03. The number of hydrogen-bond donors (Lipinski definition) is 2. The molecule has 3 fully saturated rings. The molecule has 8 unspecified atom stereocenters. The monoisotopic (exact) mass is 520 g/mol. The van der Waals surface area contributed by atoms with Crippen molar-refractivity contribution in [1.29, 1.82) is 5.26 Å². The predicted molar refractivity (Wildman–Crippen MR) is 149 cm³/mol. The maximum Gasteiger partial charge on any atom is 0.226 e. The van der Waals surface area contributed by atoms with E-state index < -0.39 is 22.3 Å². The molecule has 3 saturated carbocycles. The fourth-order valence-electron chi connectivity index (χ4n) is 10.6. The lowest BCUT2D eigenvalue weighted by molar-refractivity contribution is -0.191. The molecule has 0 aromatic heterocycles. The summed E-state index contributed by atoms with van der Waals surface area (Å²) in [6.45, 7) is 18.2. The first-order chi connectivity index (χ1) is 17.5. The second-order valence-corrected chi connectivity index (χ2v) is 15.4. The van der Waals surface area contributed by atoms with Gasteiger partial charge in [0, 0.05) is 17.4 Å². The van der Waals surface area contributed by atoms with Crippen LogP contribution in [-0.2, 0) is 9.59 Å². The molecule has 0 radical (unpaired) electrons. The molecule has 8 atom stereocenters. The average Bonchev–Trinajstić information content (AvgIpc) is 2.82. The molecular formula is C33H48N2O3. The van der Waals surface area contributed by atoms with Crippen molar-refractivity contribution < 1.29 is 14.7 Å². The van der Waals surface area contributed by atoms with E-state index >= 15 is 0 Å². The van der Waals surface area contributed by atoms with E-state index in [1.807, 2.05) is 26.8 Å². The van der Waals surface area contributed by atoms with Gasteiger partial charge in [-0.25, -0.2) is 0 Å². The first-order valence-electron chi connectivity index (χ1n) is 14.9. The topological polar surface area (TPSA) is 90.2 Å². The largest absolute Gasteiger partial charge is 0.389 e. The third kappa shape index (κ3) is 3.31. The van der Waals surface area contributed by atoms with Gasteiger partial charge in [-0.2, -0.15) is 5.26 Å². The summed E-state index contributed by atoms with van der Waals surface area (Å²) in [5, 5.41) is 25.2. The van der Waals surface area contributed by atoms with Crippen LogP contribution >= 0.6 is 0 Å². The lowest BCUT2D eigenvalue weighted by atomic mass is 9.34. The van der Waals surface area contributed by atoms with Gasteiger partial charge in [0.25, 0.3) is 0 Å². The standard InChI is InChI=1S/C33H48N2O3/c1-9-35-27(38)33-14-12-28(2,3)18-21(33)25-22(36)16-24-30(6)17-20(19-34)26(37)29(4,5)23(30)10-11-31(24,7)32(25,8)13-15-33/h16-17,21-23,25,36H,9-15,18H2,1-8H3,(H,35,38). The lowest BCUT2D eigenvalue weighted by Crippen LogP contribution is -2.67. The third-order valence-electron chi connectivity index (χ3n) is 12.8. The molecule has 38 heavy (non-hydrogen) atoms. The number of amides is 1. The van der Waals surface area contributed by atoms with Gasteiger partial charge in [0.05, 0.1) is 17.1 Å². The van der Waals surface area contributed by atoms with Crippen LogP contribution in [0.3, 0.4) is 0 Å². The molecule has 0 bridgehead atoms. The highest BCUT2D eigenvalue weighted by atomic mass is 16.3. The summed E-state index contributed by atoms with van der Waals surface area (Å²) in [6.07, 6.45) is 9.87. The molecule has 5 aliphatic carbocycles. The zero-order chi connectivity index (χ0) is 28.1. The highest BCUT2D eigenvalue weighted by Gasteiger charge is 2.70. The van der Waals surface area contributed by atoms with Gasteiger partial charge >= 0.3 is 0 Å². The number of nitrogens with one attached hydrogen (secondary N) is 1. The summed E-state index contributed by atoms with van der Waals surface area (Å²) in [5.41, 5.74) is -0.306. The maximum atomic E-state index is 13.7. The summed E-state index contributed by atoms with van der Waals surface area (Å²) < 4.78 is 0. The van der Waals surface area contributed by atoms with E-state index in [4.69, 9.17) is 0 Å². The van der Waals surface area contributed by atoms with Crippen molar-refractivity contribution in [3.63, 3.8) is 0 Å². The summed E-state index contributed by atoms with van der Waals surface area (Å²) >= 11 is 0. The van der Waals surface area contributed by atoms with Crippen molar-refractivity contribution in [3.8, 4) is 6.07 Å². The lowest BCUT2D eigenvalue weighted by Gasteiger charge is -2.70. The Balaban J connectivity index is 1.68. The van der Waals surface area contributed by atoms with E-state index in [-0.39, 0.29) is 51.3 Å². The Morgan fingerprint density at radius 3 is 2.37 bits per heavy atom. The number of Topliss-reactive ketones (excluding diaryl/α,β-unsaturated/α-hetero) is 1. The smallest absolute Gasteiger partial charge is 0.226 e. The van der Waals surface area contributed by atoms with Gasteiger partial charge in [0.2, 0.25) is 5.91 Å². The molecule has 208 valence electrons. The second kappa shape index (κ2) is 8.29. The quantitative estimate of drug-likeness (QED) is 0.428. The first-order valence-corrected chi connectivity index (χ1v) is 14.9. The maximum absolute atomic E-state index is 13.7. The van der Waals surface area contributed by atoms with E-state index in [0.29, 0.717) is 6.54 Å². The minimum absolute atomic E-state index is 0.00928. The third-order valence-corrected chi connectivity index (χ3v) is 12.8. The fraction of sp³-hybridized carbons (Fsp3) is 0.788. The van der Waals surface area contributed by atoms with Crippen molar-refractivity contribution in [2.75, 3.05) is 6.54 Å². The predicted octanol–water partition coefficient (Wildman–Crippen LogP) is 6.13. The Morgan fingerprint density at radius 2 is 1.74 bits per heavy atom. The summed E-state index contributed by atoms with van der Waals surface area (Å²) in [6, 6.07) is 2.21. The number of allylic oxidation sites excluding steroid dienone is 3. The first kappa shape index (κ1) is 27.6. The van der Waals surface area contributed by atoms with E-state index in [2.05, 4.69) is 52.1 Å². The zero-order valence-corrected chi connectivity index (χ0v) is 24.8. The van der Waals surface area contributed by atoms with Crippen LogP contribution in [0.2, 0.25) is 0 Å². The molecule has 5 aliphatic rings. The molecule has 0 heterocycles. The second-order valence-electron chi connectivity index (χ2n) is 15.4. The number of hydrogen-bond acceptors (Lipinski definition) is 4. The Bertz CT molecular complexity index is 1170. The molecule has 0 aromatic rings. The van der Waals surface area contributed by atoms with Gasteiger partial charge in [-0.15, -0.1) is 0 Å². The summed E-state index contributed by atoms with van der Waals surface area (Å²) in [7, 11) is 0. The molecule has 0 aromatic carbocycles. The van der Waals surface area contributed by atoms with Crippen LogP contribution in [0.15, 0.2) is 23.3 Å². The molecule has 2 N–H and O–H groups in total. The molecule has 1 amide bonds. The number of carbonyl (C=O) groups excluding carboxylic acids is 2. The van der Waals surface area contributed by atoms with Crippen molar-refractivity contribution >= 4 is 11.7 Å². The van der Waals surface area contributed by atoms with E-state index in [1.165, 1.54) is 5.57 Å². The minimum atomic E-state index is -0.661. The van der Waals surface area contributed by atoms with Crippen LogP contribution in [0.25, 0.3) is 0 Å². The summed E-state index contributed by atoms with van der Waals surface area (Å²) in [5.74, 6) is 0.310. The highest BCUT2D eigenvalue weighted by molar-refractivity contribution is 6.04. The van der Waals surface area contributed by atoms with Gasteiger partial charge in [-0.05, 0) is 85.9 Å². The minimum Gasteiger partial charge on any atom is -0.389 e. The number of aliphatic hydroxyl groups is 1. The fourth-order valence-corrected chi connectivity index (χ4v) is 10.6. The molecule has 0 spiro atoms. The van der Waals surface area contributed by atoms with Gasteiger partial charge in [0.1, 0.15) is 6.07 Å². The average molecular weight is 521 g/mol. The van der Waals surface area contributed by atoms with Crippen LogP contribution in [0, 0.1) is 61.6 Å². The molecule has 5 rings (SSSR count). The van der Waals surface area contributed by atoms with E-state index in [1.54, 1.807) is 0 Å². The Morgan fingerprint density at radius 1 is 1.08 bits per heavy atom. The van der Waals surface area contributed by atoms with Gasteiger partial charge in [-0.1, -0.05) is 66.2 Å².